The van der Waals surface area contributed by atoms with Gasteiger partial charge in [-0.15, -0.1) is 0 Å². The average Bonchev–Trinajstić information content (AvgIpc) is 1.98. The van der Waals surface area contributed by atoms with Crippen molar-refractivity contribution in [2.45, 2.75) is 27.2 Å². The lowest BCUT2D eigenvalue weighted by Crippen LogP contribution is -2.31. The van der Waals surface area contributed by atoms with Gasteiger partial charge in [-0.25, -0.2) is 0 Å². The van der Waals surface area contributed by atoms with E-state index in [1.54, 1.807) is 0 Å². The SMILES string of the molecule is CCC(N)=NCC(C)(C)CN(C)C. The summed E-state index contributed by atoms with van der Waals surface area (Å²) >= 11 is 0. The second-order valence-corrected chi connectivity index (χ2v) is 4.56. The zero-order chi connectivity index (χ0) is 10.5. The van der Waals surface area contributed by atoms with Gasteiger partial charge in [0, 0.05) is 19.5 Å². The van der Waals surface area contributed by atoms with Gasteiger partial charge in [0.05, 0.1) is 5.84 Å². The van der Waals surface area contributed by atoms with Crippen molar-refractivity contribution in [1.82, 2.24) is 4.90 Å². The molecular formula is C10H23N3. The highest BCUT2D eigenvalue weighted by Crippen LogP contribution is 2.15. The number of rotatable bonds is 5. The van der Waals surface area contributed by atoms with Crippen molar-refractivity contribution in [3.8, 4) is 0 Å². The summed E-state index contributed by atoms with van der Waals surface area (Å²) in [5.41, 5.74) is 5.86. The third-order valence-electron chi connectivity index (χ3n) is 1.82. The summed E-state index contributed by atoms with van der Waals surface area (Å²) in [6.45, 7) is 8.29. The van der Waals surface area contributed by atoms with Crippen LogP contribution in [-0.2, 0) is 0 Å². The van der Waals surface area contributed by atoms with Gasteiger partial charge in [0.2, 0.25) is 0 Å². The Bertz CT molecular complexity index is 171. The van der Waals surface area contributed by atoms with E-state index in [1.165, 1.54) is 0 Å². The van der Waals surface area contributed by atoms with Crippen LogP contribution < -0.4 is 5.73 Å². The van der Waals surface area contributed by atoms with E-state index in [4.69, 9.17) is 5.73 Å². The second-order valence-electron chi connectivity index (χ2n) is 4.56. The third kappa shape index (κ3) is 6.58. The molecule has 0 amide bonds. The van der Waals surface area contributed by atoms with Crippen LogP contribution >= 0.6 is 0 Å². The van der Waals surface area contributed by atoms with Gasteiger partial charge in [0.1, 0.15) is 0 Å². The van der Waals surface area contributed by atoms with Crippen LogP contribution in [-0.4, -0.2) is 37.9 Å². The Kier molecular flexibility index (Phi) is 4.99. The summed E-state index contributed by atoms with van der Waals surface area (Å²) in [6.07, 6.45) is 0.845. The molecule has 0 rings (SSSR count). The number of hydrogen-bond acceptors (Lipinski definition) is 2. The highest BCUT2D eigenvalue weighted by atomic mass is 15.1. The van der Waals surface area contributed by atoms with Crippen LogP contribution in [0.25, 0.3) is 0 Å². The molecule has 3 nitrogen and oxygen atoms in total. The number of amidine groups is 1. The molecule has 0 aromatic heterocycles. The maximum atomic E-state index is 5.65. The molecule has 0 aliphatic rings. The Morgan fingerprint density at radius 3 is 2.31 bits per heavy atom. The summed E-state index contributed by atoms with van der Waals surface area (Å²) in [7, 11) is 4.16. The summed E-state index contributed by atoms with van der Waals surface area (Å²) < 4.78 is 0. The summed E-state index contributed by atoms with van der Waals surface area (Å²) in [5, 5.41) is 0. The molecule has 0 saturated carbocycles. The van der Waals surface area contributed by atoms with E-state index in [0.29, 0.717) is 0 Å². The molecule has 0 bridgehead atoms. The molecule has 0 aromatic rings. The fourth-order valence-electron chi connectivity index (χ4n) is 1.33. The molecule has 13 heavy (non-hydrogen) atoms. The lowest BCUT2D eigenvalue weighted by Gasteiger charge is -2.26. The lowest BCUT2D eigenvalue weighted by molar-refractivity contribution is 0.249. The highest BCUT2D eigenvalue weighted by Gasteiger charge is 2.17. The quantitative estimate of drug-likeness (QED) is 0.519. The Hall–Kier alpha value is -0.570. The smallest absolute Gasteiger partial charge is 0.0934 e. The molecule has 0 radical (unpaired) electrons. The molecule has 78 valence electrons. The maximum absolute atomic E-state index is 5.65. The minimum Gasteiger partial charge on any atom is -0.387 e. The Morgan fingerprint density at radius 2 is 1.92 bits per heavy atom. The van der Waals surface area contributed by atoms with Gasteiger partial charge in [-0.1, -0.05) is 20.8 Å². The average molecular weight is 185 g/mol. The molecule has 0 unspecified atom stereocenters. The van der Waals surface area contributed by atoms with E-state index < -0.39 is 0 Å². The number of nitrogens with zero attached hydrogens (tertiary/aromatic N) is 2. The Labute approximate surface area is 82.0 Å². The lowest BCUT2D eigenvalue weighted by atomic mass is 9.93. The van der Waals surface area contributed by atoms with Crippen molar-refractivity contribution in [1.29, 1.82) is 0 Å². The van der Waals surface area contributed by atoms with Crippen molar-refractivity contribution >= 4 is 5.84 Å². The van der Waals surface area contributed by atoms with Gasteiger partial charge >= 0.3 is 0 Å². The van der Waals surface area contributed by atoms with Crippen molar-refractivity contribution in [3.63, 3.8) is 0 Å². The first kappa shape index (κ1) is 12.4. The first-order valence-electron chi connectivity index (χ1n) is 4.81. The van der Waals surface area contributed by atoms with E-state index in [-0.39, 0.29) is 5.41 Å². The van der Waals surface area contributed by atoms with E-state index in [1.807, 2.05) is 6.92 Å². The third-order valence-corrected chi connectivity index (χ3v) is 1.82. The van der Waals surface area contributed by atoms with Crippen LogP contribution in [0.5, 0.6) is 0 Å². The second kappa shape index (κ2) is 5.22. The maximum Gasteiger partial charge on any atom is 0.0934 e. The molecule has 2 N–H and O–H groups in total. The van der Waals surface area contributed by atoms with E-state index in [2.05, 4.69) is 37.8 Å². The van der Waals surface area contributed by atoms with E-state index >= 15 is 0 Å². The van der Waals surface area contributed by atoms with Gasteiger partial charge in [-0.05, 0) is 19.5 Å². The Morgan fingerprint density at radius 1 is 1.38 bits per heavy atom. The molecule has 3 heteroatoms. The van der Waals surface area contributed by atoms with Gasteiger partial charge in [-0.2, -0.15) is 0 Å². The fourth-order valence-corrected chi connectivity index (χ4v) is 1.33. The highest BCUT2D eigenvalue weighted by molar-refractivity contribution is 5.79. The number of aliphatic imine (C=N–C) groups is 1. The minimum absolute atomic E-state index is 0.212. The van der Waals surface area contributed by atoms with Gasteiger partial charge < -0.3 is 10.6 Å². The van der Waals surface area contributed by atoms with Crippen LogP contribution in [0.3, 0.4) is 0 Å². The van der Waals surface area contributed by atoms with Crippen LogP contribution in [0, 0.1) is 5.41 Å². The Balaban J connectivity index is 4.02. The van der Waals surface area contributed by atoms with Crippen molar-refractivity contribution < 1.29 is 0 Å². The van der Waals surface area contributed by atoms with E-state index in [0.717, 1.165) is 25.3 Å². The van der Waals surface area contributed by atoms with Gasteiger partial charge in [0.15, 0.2) is 0 Å². The molecule has 0 spiro atoms. The zero-order valence-electron chi connectivity index (χ0n) is 9.59. The van der Waals surface area contributed by atoms with Gasteiger partial charge in [0.25, 0.3) is 0 Å². The monoisotopic (exact) mass is 185 g/mol. The molecule has 0 atom stereocenters. The summed E-state index contributed by atoms with van der Waals surface area (Å²) in [4.78, 5) is 6.51. The zero-order valence-corrected chi connectivity index (χ0v) is 9.59. The molecule has 0 aliphatic heterocycles. The van der Waals surface area contributed by atoms with Crippen molar-refractivity contribution in [2.24, 2.45) is 16.1 Å². The van der Waals surface area contributed by atoms with Crippen LogP contribution in [0.2, 0.25) is 0 Å². The number of nitrogens with two attached hydrogens (primary N) is 1. The normalized spacial score (nSPS) is 13.8. The molecule has 0 heterocycles. The predicted molar refractivity (Wildman–Crippen MR) is 59.1 cm³/mol. The van der Waals surface area contributed by atoms with E-state index in [9.17, 15) is 0 Å². The van der Waals surface area contributed by atoms with Crippen molar-refractivity contribution in [3.05, 3.63) is 0 Å². The predicted octanol–water partition coefficient (Wildman–Crippen LogP) is 1.34. The number of hydrogen-bond donors (Lipinski definition) is 1. The van der Waals surface area contributed by atoms with Crippen LogP contribution in [0.15, 0.2) is 4.99 Å². The van der Waals surface area contributed by atoms with Crippen LogP contribution in [0.1, 0.15) is 27.2 Å². The first-order chi connectivity index (χ1) is 5.87. The fraction of sp³-hybridized carbons (Fsp3) is 0.900. The molecule has 0 saturated heterocycles. The standard InChI is InChI=1S/C10H23N3/c1-6-9(11)12-7-10(2,3)8-13(4)5/h6-8H2,1-5H3,(H2,11,12). The molecule has 0 aliphatic carbocycles. The largest absolute Gasteiger partial charge is 0.387 e. The molecule has 0 aromatic carbocycles. The summed E-state index contributed by atoms with van der Waals surface area (Å²) in [6, 6.07) is 0. The molecular weight excluding hydrogens is 162 g/mol. The van der Waals surface area contributed by atoms with Gasteiger partial charge in [-0.3, -0.25) is 4.99 Å². The topological polar surface area (TPSA) is 41.6 Å². The molecule has 0 fully saturated rings. The van der Waals surface area contributed by atoms with Crippen LogP contribution in [0.4, 0.5) is 0 Å². The van der Waals surface area contributed by atoms with Crippen molar-refractivity contribution in [2.75, 3.05) is 27.2 Å². The first-order valence-corrected chi connectivity index (χ1v) is 4.81. The minimum atomic E-state index is 0.212. The summed E-state index contributed by atoms with van der Waals surface area (Å²) in [5.74, 6) is 0.756.